The number of nitrogens with zero attached hydrogens (tertiary/aromatic N) is 3. The van der Waals surface area contributed by atoms with Gasteiger partial charge in [-0.05, 0) is 60.9 Å². The van der Waals surface area contributed by atoms with E-state index in [0.717, 1.165) is 29.5 Å². The number of rotatable bonds is 8. The zero-order valence-electron chi connectivity index (χ0n) is 20.9. The lowest BCUT2D eigenvalue weighted by atomic mass is 9.96. The van der Waals surface area contributed by atoms with Gasteiger partial charge in [-0.2, -0.15) is 10.5 Å². The number of thioether (sulfide) groups is 1. The van der Waals surface area contributed by atoms with Crippen molar-refractivity contribution in [3.63, 3.8) is 0 Å². The second-order valence-electron chi connectivity index (χ2n) is 8.39. The summed E-state index contributed by atoms with van der Waals surface area (Å²) in [5, 5.41) is 22.4. The highest BCUT2D eigenvalue weighted by molar-refractivity contribution is 8.00. The van der Waals surface area contributed by atoms with Gasteiger partial charge in [-0.1, -0.05) is 61.2 Å². The molecule has 1 unspecified atom stereocenters. The van der Waals surface area contributed by atoms with Gasteiger partial charge in [0.15, 0.2) is 0 Å². The molecule has 0 aliphatic rings. The molecule has 0 saturated heterocycles. The number of hydrogen-bond acceptors (Lipinski definition) is 7. The van der Waals surface area contributed by atoms with Gasteiger partial charge in [0, 0.05) is 11.3 Å². The number of benzene rings is 3. The molecule has 0 radical (unpaired) electrons. The van der Waals surface area contributed by atoms with Crippen molar-refractivity contribution in [3.8, 4) is 34.8 Å². The van der Waals surface area contributed by atoms with Crippen molar-refractivity contribution in [2.24, 2.45) is 0 Å². The van der Waals surface area contributed by atoms with Gasteiger partial charge >= 0.3 is 0 Å². The number of aryl methyl sites for hydroxylation is 1. The van der Waals surface area contributed by atoms with Crippen LogP contribution < -0.4 is 15.8 Å². The molecule has 4 rings (SSSR count). The first-order chi connectivity index (χ1) is 18.4. The van der Waals surface area contributed by atoms with Crippen molar-refractivity contribution in [2.75, 3.05) is 11.1 Å². The van der Waals surface area contributed by atoms with E-state index in [9.17, 15) is 15.3 Å². The zero-order valence-corrected chi connectivity index (χ0v) is 21.8. The fourth-order valence-corrected chi connectivity index (χ4v) is 4.69. The minimum absolute atomic E-state index is 0.0187. The molecule has 188 valence electrons. The van der Waals surface area contributed by atoms with Gasteiger partial charge < -0.3 is 15.8 Å². The first-order valence-electron chi connectivity index (χ1n) is 12.0. The molecule has 8 heteroatoms. The fraction of sp³-hybridized carbons (Fsp3) is 0.133. The van der Waals surface area contributed by atoms with Crippen LogP contribution in [0.3, 0.4) is 0 Å². The highest BCUT2D eigenvalue weighted by atomic mass is 32.2. The molecule has 1 amide bonds. The third-order valence-corrected chi connectivity index (χ3v) is 6.91. The van der Waals surface area contributed by atoms with Gasteiger partial charge in [-0.15, -0.1) is 0 Å². The molecule has 0 spiro atoms. The summed E-state index contributed by atoms with van der Waals surface area (Å²) in [7, 11) is 0. The van der Waals surface area contributed by atoms with E-state index in [0.29, 0.717) is 27.6 Å². The monoisotopic (exact) mass is 519 g/mol. The van der Waals surface area contributed by atoms with Gasteiger partial charge in [0.25, 0.3) is 0 Å². The Morgan fingerprint density at radius 1 is 0.974 bits per heavy atom. The number of ether oxygens (including phenoxy) is 1. The van der Waals surface area contributed by atoms with E-state index in [4.69, 9.17) is 10.5 Å². The molecule has 0 aliphatic heterocycles. The standard InChI is InChI=1S/C30H25N5O2S/c1-3-20-9-11-21(12-10-20)27-25(17-31)28(33)35-30(26(27)18-32)38-19(2)29(36)34-22-13-15-24(16-14-22)37-23-7-5-4-6-8-23/h4-16,19H,3H2,1-2H3,(H2,33,35)(H,34,36). The van der Waals surface area contributed by atoms with Gasteiger partial charge in [0.05, 0.1) is 10.8 Å². The number of carbonyl (C=O) groups excluding carboxylic acids is 1. The number of carbonyl (C=O) groups is 1. The summed E-state index contributed by atoms with van der Waals surface area (Å²) in [6.07, 6.45) is 0.867. The molecule has 0 saturated carbocycles. The van der Waals surface area contributed by atoms with Gasteiger partial charge in [-0.3, -0.25) is 4.79 Å². The van der Waals surface area contributed by atoms with Crippen molar-refractivity contribution in [3.05, 3.63) is 95.6 Å². The second-order valence-corrected chi connectivity index (χ2v) is 9.72. The van der Waals surface area contributed by atoms with Crippen molar-refractivity contribution in [2.45, 2.75) is 30.5 Å². The fourth-order valence-electron chi connectivity index (χ4n) is 3.77. The predicted molar refractivity (Wildman–Crippen MR) is 150 cm³/mol. The van der Waals surface area contributed by atoms with Crippen LogP contribution in [0.2, 0.25) is 0 Å². The summed E-state index contributed by atoms with van der Waals surface area (Å²) in [6, 6.07) is 28.4. The minimum Gasteiger partial charge on any atom is -0.457 e. The van der Waals surface area contributed by atoms with E-state index < -0.39 is 5.25 Å². The maximum absolute atomic E-state index is 13.0. The maximum atomic E-state index is 13.0. The Labute approximate surface area is 225 Å². The number of anilines is 2. The van der Waals surface area contributed by atoms with E-state index >= 15 is 0 Å². The van der Waals surface area contributed by atoms with Gasteiger partial charge in [-0.25, -0.2) is 4.98 Å². The first kappa shape index (κ1) is 26.3. The number of amides is 1. The van der Waals surface area contributed by atoms with Crippen LogP contribution in [-0.4, -0.2) is 16.1 Å². The molecular weight excluding hydrogens is 494 g/mol. The van der Waals surface area contributed by atoms with Crippen molar-refractivity contribution >= 4 is 29.2 Å². The summed E-state index contributed by atoms with van der Waals surface area (Å²) in [5.41, 5.74) is 9.34. The number of nitrogens with one attached hydrogen (secondary N) is 1. The normalized spacial score (nSPS) is 11.2. The molecule has 1 atom stereocenters. The molecule has 3 aromatic carbocycles. The third kappa shape index (κ3) is 5.95. The van der Waals surface area contributed by atoms with Crippen LogP contribution in [0.15, 0.2) is 83.9 Å². The van der Waals surface area contributed by atoms with Crippen LogP contribution >= 0.6 is 11.8 Å². The number of aromatic nitrogens is 1. The third-order valence-electron chi connectivity index (χ3n) is 5.82. The number of hydrogen-bond donors (Lipinski definition) is 2. The average molecular weight is 520 g/mol. The van der Waals surface area contributed by atoms with Crippen LogP contribution in [0.4, 0.5) is 11.5 Å². The summed E-state index contributed by atoms with van der Waals surface area (Å²) < 4.78 is 5.79. The van der Waals surface area contributed by atoms with Crippen LogP contribution in [0.5, 0.6) is 11.5 Å². The molecule has 3 N–H and O–H groups in total. The SMILES string of the molecule is CCc1ccc(-c2c(C#N)c(N)nc(SC(C)C(=O)Nc3ccc(Oc4ccccc4)cc3)c2C#N)cc1. The van der Waals surface area contributed by atoms with Crippen LogP contribution in [0.25, 0.3) is 11.1 Å². The Morgan fingerprint density at radius 3 is 2.21 bits per heavy atom. The number of pyridine rings is 1. The molecule has 4 aromatic rings. The average Bonchev–Trinajstić information content (AvgIpc) is 2.94. The predicted octanol–water partition coefficient (Wildman–Crippen LogP) is 6.55. The molecule has 7 nitrogen and oxygen atoms in total. The number of para-hydroxylation sites is 1. The van der Waals surface area contributed by atoms with Crippen LogP contribution in [0, 0.1) is 22.7 Å². The number of nitrogens with two attached hydrogens (primary N) is 1. The van der Waals surface area contributed by atoms with E-state index in [2.05, 4.69) is 29.4 Å². The van der Waals surface area contributed by atoms with Crippen molar-refractivity contribution in [1.82, 2.24) is 4.98 Å². The van der Waals surface area contributed by atoms with Crippen LogP contribution in [-0.2, 0) is 11.2 Å². The summed E-state index contributed by atoms with van der Waals surface area (Å²) >= 11 is 1.12. The Balaban J connectivity index is 1.53. The van der Waals surface area contributed by atoms with Crippen molar-refractivity contribution < 1.29 is 9.53 Å². The molecule has 0 fully saturated rings. The molecule has 1 heterocycles. The Bertz CT molecular complexity index is 1520. The van der Waals surface area contributed by atoms with E-state index in [-0.39, 0.29) is 22.9 Å². The lowest BCUT2D eigenvalue weighted by molar-refractivity contribution is -0.115. The molecule has 0 bridgehead atoms. The van der Waals surface area contributed by atoms with E-state index in [1.165, 1.54) is 0 Å². The Morgan fingerprint density at radius 2 is 1.61 bits per heavy atom. The van der Waals surface area contributed by atoms with Crippen LogP contribution in [0.1, 0.15) is 30.5 Å². The van der Waals surface area contributed by atoms with E-state index in [1.54, 1.807) is 31.2 Å². The van der Waals surface area contributed by atoms with Gasteiger partial charge in [0.1, 0.15) is 40.0 Å². The minimum atomic E-state index is -0.600. The Hall–Kier alpha value is -4.79. The summed E-state index contributed by atoms with van der Waals surface area (Å²) in [5.74, 6) is 1.11. The number of nitriles is 2. The quantitative estimate of drug-likeness (QED) is 0.253. The highest BCUT2D eigenvalue weighted by Crippen LogP contribution is 2.37. The highest BCUT2D eigenvalue weighted by Gasteiger charge is 2.24. The maximum Gasteiger partial charge on any atom is 0.237 e. The van der Waals surface area contributed by atoms with E-state index in [1.807, 2.05) is 54.6 Å². The molecule has 1 aromatic heterocycles. The van der Waals surface area contributed by atoms with Gasteiger partial charge in [0.2, 0.25) is 5.91 Å². The first-order valence-corrected chi connectivity index (χ1v) is 12.8. The largest absolute Gasteiger partial charge is 0.457 e. The second kappa shape index (κ2) is 12.0. The number of nitrogen functional groups attached to an aromatic ring is 1. The molecule has 38 heavy (non-hydrogen) atoms. The molecule has 0 aliphatic carbocycles. The zero-order chi connectivity index (χ0) is 27.1. The topological polar surface area (TPSA) is 125 Å². The lowest BCUT2D eigenvalue weighted by Gasteiger charge is -2.16. The molecular formula is C30H25N5O2S. The smallest absolute Gasteiger partial charge is 0.237 e. The lowest BCUT2D eigenvalue weighted by Crippen LogP contribution is -2.22. The van der Waals surface area contributed by atoms with Crippen molar-refractivity contribution in [1.29, 1.82) is 10.5 Å². The Kier molecular flexibility index (Phi) is 8.27. The summed E-state index contributed by atoms with van der Waals surface area (Å²) in [4.78, 5) is 17.3. The summed E-state index contributed by atoms with van der Waals surface area (Å²) in [6.45, 7) is 3.77.